The number of rotatable bonds is 3. The van der Waals surface area contributed by atoms with Gasteiger partial charge < -0.3 is 5.32 Å². The van der Waals surface area contributed by atoms with Gasteiger partial charge in [-0.3, -0.25) is 4.98 Å². The van der Waals surface area contributed by atoms with Crippen LogP contribution in [0.25, 0.3) is 0 Å². The first kappa shape index (κ1) is 14.6. The van der Waals surface area contributed by atoms with Crippen molar-refractivity contribution < 1.29 is 4.39 Å². The van der Waals surface area contributed by atoms with Gasteiger partial charge in [0.05, 0.1) is 11.7 Å². The number of pyridine rings is 1. The van der Waals surface area contributed by atoms with Gasteiger partial charge in [0.25, 0.3) is 0 Å². The second-order valence-corrected chi connectivity index (χ2v) is 6.04. The molecule has 1 N–H and O–H groups in total. The normalized spacial score (nSPS) is 12.5. The highest BCUT2D eigenvalue weighted by molar-refractivity contribution is 9.11. The van der Waals surface area contributed by atoms with E-state index in [-0.39, 0.29) is 11.9 Å². The van der Waals surface area contributed by atoms with Crippen LogP contribution >= 0.6 is 31.9 Å². The van der Waals surface area contributed by atoms with E-state index >= 15 is 0 Å². The highest BCUT2D eigenvalue weighted by atomic mass is 79.9. The lowest BCUT2D eigenvalue weighted by atomic mass is 10.0. The Bertz CT molecular complexity index is 602. The summed E-state index contributed by atoms with van der Waals surface area (Å²) >= 11 is 6.84. The lowest BCUT2D eigenvalue weighted by Gasteiger charge is -2.19. The molecule has 19 heavy (non-hydrogen) atoms. The van der Waals surface area contributed by atoms with E-state index in [9.17, 15) is 4.39 Å². The van der Waals surface area contributed by atoms with E-state index < -0.39 is 0 Å². The fourth-order valence-electron chi connectivity index (χ4n) is 1.96. The van der Waals surface area contributed by atoms with Gasteiger partial charge in [-0.15, -0.1) is 0 Å². The topological polar surface area (TPSA) is 24.9 Å². The third-order valence-electron chi connectivity index (χ3n) is 2.86. The molecule has 1 aromatic heterocycles. The molecule has 5 heteroatoms. The average Bonchev–Trinajstić information content (AvgIpc) is 2.36. The molecule has 2 rings (SSSR count). The van der Waals surface area contributed by atoms with E-state index in [4.69, 9.17) is 0 Å². The van der Waals surface area contributed by atoms with E-state index in [1.165, 1.54) is 6.07 Å². The van der Waals surface area contributed by atoms with Crippen molar-refractivity contribution in [3.8, 4) is 0 Å². The Labute approximate surface area is 128 Å². The maximum atomic E-state index is 14.0. The Hall–Kier alpha value is -0.780. The van der Waals surface area contributed by atoms with Gasteiger partial charge in [-0.1, -0.05) is 17.7 Å². The molecule has 2 aromatic rings. The molecule has 1 aromatic carbocycles. The van der Waals surface area contributed by atoms with Crippen LogP contribution in [0.15, 0.2) is 39.4 Å². The van der Waals surface area contributed by atoms with Gasteiger partial charge in [0.2, 0.25) is 0 Å². The largest absolute Gasteiger partial charge is 0.308 e. The van der Waals surface area contributed by atoms with Crippen molar-refractivity contribution >= 4 is 31.9 Å². The van der Waals surface area contributed by atoms with Crippen molar-refractivity contribution in [3.05, 3.63) is 62.0 Å². The number of nitrogens with zero attached hydrogens (tertiary/aromatic N) is 1. The van der Waals surface area contributed by atoms with Crippen LogP contribution in [-0.2, 0) is 0 Å². The summed E-state index contributed by atoms with van der Waals surface area (Å²) in [4.78, 5) is 4.37. The Balaban J connectivity index is 2.52. The monoisotopic (exact) mass is 386 g/mol. The number of halogens is 3. The Morgan fingerprint density at radius 2 is 2.00 bits per heavy atom. The van der Waals surface area contributed by atoms with Gasteiger partial charge in [-0.05, 0) is 58.0 Å². The molecule has 1 atom stereocenters. The Morgan fingerprint density at radius 1 is 1.26 bits per heavy atom. The summed E-state index contributed by atoms with van der Waals surface area (Å²) in [7, 11) is 1.79. The third kappa shape index (κ3) is 3.22. The van der Waals surface area contributed by atoms with Crippen LogP contribution < -0.4 is 5.32 Å². The molecular weight excluding hydrogens is 375 g/mol. The van der Waals surface area contributed by atoms with E-state index in [0.29, 0.717) is 5.56 Å². The standard InChI is InChI=1S/C14H13Br2FN2/c1-8-3-4-12(17)10(5-8)13(18-2)14-11(16)6-9(15)7-19-14/h3-7,13,18H,1-2H3. The van der Waals surface area contributed by atoms with Gasteiger partial charge in [-0.2, -0.15) is 0 Å². The van der Waals surface area contributed by atoms with Crippen LogP contribution in [0.5, 0.6) is 0 Å². The first-order chi connectivity index (χ1) is 9.02. The number of aromatic nitrogens is 1. The van der Waals surface area contributed by atoms with E-state index in [1.807, 2.05) is 19.1 Å². The number of benzene rings is 1. The zero-order valence-electron chi connectivity index (χ0n) is 10.5. The van der Waals surface area contributed by atoms with Gasteiger partial charge in [0, 0.05) is 20.7 Å². The van der Waals surface area contributed by atoms with Crippen molar-refractivity contribution in [2.75, 3.05) is 7.05 Å². The zero-order valence-corrected chi connectivity index (χ0v) is 13.7. The van der Waals surface area contributed by atoms with E-state index in [0.717, 1.165) is 20.2 Å². The molecule has 1 unspecified atom stereocenters. The minimum absolute atomic E-state index is 0.235. The fourth-order valence-corrected chi connectivity index (χ4v) is 3.18. The zero-order chi connectivity index (χ0) is 14.0. The molecule has 0 aliphatic heterocycles. The number of aryl methyl sites for hydroxylation is 1. The van der Waals surface area contributed by atoms with Crippen molar-refractivity contribution in [2.45, 2.75) is 13.0 Å². The lowest BCUT2D eigenvalue weighted by molar-refractivity contribution is 0.569. The molecule has 0 bridgehead atoms. The minimum atomic E-state index is -0.289. The summed E-state index contributed by atoms with van der Waals surface area (Å²) in [5, 5.41) is 3.12. The van der Waals surface area contributed by atoms with Crippen LogP contribution in [0, 0.1) is 12.7 Å². The molecule has 0 amide bonds. The summed E-state index contributed by atoms with van der Waals surface area (Å²) < 4.78 is 15.7. The summed E-state index contributed by atoms with van der Waals surface area (Å²) in [5.74, 6) is -0.235. The van der Waals surface area contributed by atoms with E-state index in [1.54, 1.807) is 19.3 Å². The van der Waals surface area contributed by atoms with Crippen LogP contribution in [0.4, 0.5) is 4.39 Å². The second-order valence-electron chi connectivity index (χ2n) is 4.27. The number of nitrogens with one attached hydrogen (secondary N) is 1. The first-order valence-corrected chi connectivity index (χ1v) is 7.35. The molecule has 0 fully saturated rings. The van der Waals surface area contributed by atoms with Crippen LogP contribution in [0.2, 0.25) is 0 Å². The van der Waals surface area contributed by atoms with Crippen molar-refractivity contribution in [1.82, 2.24) is 10.3 Å². The smallest absolute Gasteiger partial charge is 0.128 e. The van der Waals surface area contributed by atoms with Gasteiger partial charge in [0.1, 0.15) is 5.82 Å². The van der Waals surface area contributed by atoms with Crippen molar-refractivity contribution in [1.29, 1.82) is 0 Å². The molecule has 100 valence electrons. The number of hydrogen-bond donors (Lipinski definition) is 1. The lowest BCUT2D eigenvalue weighted by Crippen LogP contribution is -2.20. The van der Waals surface area contributed by atoms with Gasteiger partial charge >= 0.3 is 0 Å². The second kappa shape index (κ2) is 6.11. The maximum Gasteiger partial charge on any atom is 0.128 e. The highest BCUT2D eigenvalue weighted by Gasteiger charge is 2.20. The summed E-state index contributed by atoms with van der Waals surface area (Å²) in [5.41, 5.74) is 2.37. The average molecular weight is 388 g/mol. The van der Waals surface area contributed by atoms with Crippen molar-refractivity contribution in [2.24, 2.45) is 0 Å². The maximum absolute atomic E-state index is 14.0. The first-order valence-electron chi connectivity index (χ1n) is 5.77. The van der Waals surface area contributed by atoms with Gasteiger partial charge in [0.15, 0.2) is 0 Å². The van der Waals surface area contributed by atoms with Gasteiger partial charge in [-0.25, -0.2) is 4.39 Å². The van der Waals surface area contributed by atoms with Crippen molar-refractivity contribution in [3.63, 3.8) is 0 Å². The number of hydrogen-bond acceptors (Lipinski definition) is 2. The molecule has 2 nitrogen and oxygen atoms in total. The molecule has 0 radical (unpaired) electrons. The molecule has 0 saturated heterocycles. The summed E-state index contributed by atoms with van der Waals surface area (Å²) in [6, 6.07) is 6.70. The molecular formula is C14H13Br2FN2. The summed E-state index contributed by atoms with van der Waals surface area (Å²) in [6.45, 7) is 1.94. The summed E-state index contributed by atoms with van der Waals surface area (Å²) in [6.07, 6.45) is 1.71. The third-order valence-corrected chi connectivity index (χ3v) is 3.93. The molecule has 0 spiro atoms. The van der Waals surface area contributed by atoms with E-state index in [2.05, 4.69) is 42.2 Å². The Kier molecular flexibility index (Phi) is 4.71. The van der Waals surface area contributed by atoms with Crippen LogP contribution in [-0.4, -0.2) is 12.0 Å². The minimum Gasteiger partial charge on any atom is -0.308 e. The Morgan fingerprint density at radius 3 is 2.63 bits per heavy atom. The molecule has 1 heterocycles. The fraction of sp³-hybridized carbons (Fsp3) is 0.214. The quantitative estimate of drug-likeness (QED) is 0.846. The SMILES string of the molecule is CNC(c1cc(C)ccc1F)c1ncc(Br)cc1Br. The van der Waals surface area contributed by atoms with Crippen LogP contribution in [0.3, 0.4) is 0 Å². The highest BCUT2D eigenvalue weighted by Crippen LogP contribution is 2.30. The molecule has 0 aliphatic rings. The predicted molar refractivity (Wildman–Crippen MR) is 81.7 cm³/mol. The van der Waals surface area contributed by atoms with Crippen LogP contribution in [0.1, 0.15) is 22.9 Å². The molecule has 0 saturated carbocycles. The predicted octanol–water partition coefficient (Wildman–Crippen LogP) is 4.36. The molecule has 0 aliphatic carbocycles.